The molecule has 1 atom stereocenters. The van der Waals surface area contributed by atoms with Crippen molar-refractivity contribution in [2.24, 2.45) is 0 Å². The Morgan fingerprint density at radius 3 is 2.64 bits per heavy atom. The van der Waals surface area contributed by atoms with E-state index in [4.69, 9.17) is 23.2 Å². The fourth-order valence-electron chi connectivity index (χ4n) is 4.53. The van der Waals surface area contributed by atoms with Crippen LogP contribution in [0, 0.1) is 5.82 Å². The van der Waals surface area contributed by atoms with Crippen LogP contribution in [0.25, 0.3) is 0 Å². The lowest BCUT2D eigenvalue weighted by Crippen LogP contribution is -2.51. The number of hydrogen-bond acceptors (Lipinski definition) is 4. The van der Waals surface area contributed by atoms with Gasteiger partial charge in [-0.25, -0.2) is 12.8 Å². The van der Waals surface area contributed by atoms with Crippen molar-refractivity contribution in [1.82, 2.24) is 5.32 Å². The van der Waals surface area contributed by atoms with E-state index in [9.17, 15) is 12.8 Å². The van der Waals surface area contributed by atoms with Gasteiger partial charge in [-0.2, -0.15) is 0 Å². The van der Waals surface area contributed by atoms with E-state index in [1.807, 2.05) is 0 Å². The second-order valence-corrected chi connectivity index (χ2v) is 11.2. The summed E-state index contributed by atoms with van der Waals surface area (Å²) in [4.78, 5) is -0.0144. The predicted molar refractivity (Wildman–Crippen MR) is 113 cm³/mol. The van der Waals surface area contributed by atoms with Crippen LogP contribution in [-0.4, -0.2) is 27.5 Å². The molecule has 9 heteroatoms. The highest BCUT2D eigenvalue weighted by molar-refractivity contribution is 7.93. The Balaban J connectivity index is 1.96. The summed E-state index contributed by atoms with van der Waals surface area (Å²) >= 11 is 13.2. The number of sulfonamides is 1. The Morgan fingerprint density at radius 2 is 2.04 bits per heavy atom. The molecule has 150 valence electrons. The molecule has 1 saturated heterocycles. The van der Waals surface area contributed by atoms with Crippen molar-refractivity contribution in [1.29, 1.82) is 0 Å². The predicted octanol–water partition coefficient (Wildman–Crippen LogP) is 4.97. The summed E-state index contributed by atoms with van der Waals surface area (Å²) in [5.41, 5.74) is 0.770. The number of hydrogen-bond donors (Lipinski definition) is 1. The van der Waals surface area contributed by atoms with Crippen molar-refractivity contribution in [3.8, 4) is 0 Å². The van der Waals surface area contributed by atoms with Gasteiger partial charge in [0.15, 0.2) is 0 Å². The molecule has 2 aliphatic rings. The molecule has 28 heavy (non-hydrogen) atoms. The summed E-state index contributed by atoms with van der Waals surface area (Å²) in [6.07, 6.45) is 3.60. The number of rotatable bonds is 4. The topological polar surface area (TPSA) is 49.4 Å². The van der Waals surface area contributed by atoms with Crippen LogP contribution in [0.3, 0.4) is 0 Å². The number of halogens is 3. The molecule has 1 aromatic carbocycles. The Morgan fingerprint density at radius 1 is 1.32 bits per heavy atom. The SMILES string of the molecule is C=CC[C@H]1N(S(=O)(=O)c2cc(Cl)sc2Cl)c2ccc(F)cc2C12CCNCC2. The standard InChI is InChI=1S/C19H19Cl2FN2O2S2/c1-2-3-16-19(6-8-23-9-7-19)13-10-12(22)4-5-14(13)24(16)28(25,26)15-11-17(20)27-18(15)21/h2,4-5,10-11,16,23H,1,3,6-9H2/t16-/m1/s1. The third kappa shape index (κ3) is 2.99. The molecule has 4 nitrogen and oxygen atoms in total. The molecule has 2 aliphatic heterocycles. The summed E-state index contributed by atoms with van der Waals surface area (Å²) < 4.78 is 43.4. The van der Waals surface area contributed by atoms with Crippen molar-refractivity contribution in [3.05, 3.63) is 57.0 Å². The number of nitrogens with zero attached hydrogens (tertiary/aromatic N) is 1. The molecular formula is C19H19Cl2FN2O2S2. The number of thiophene rings is 1. The highest BCUT2D eigenvalue weighted by Crippen LogP contribution is 2.54. The molecule has 4 rings (SSSR count). The minimum atomic E-state index is -3.98. The van der Waals surface area contributed by atoms with E-state index in [1.54, 1.807) is 12.1 Å². The third-order valence-electron chi connectivity index (χ3n) is 5.70. The zero-order valence-corrected chi connectivity index (χ0v) is 18.1. The van der Waals surface area contributed by atoms with Crippen molar-refractivity contribution in [2.45, 2.75) is 35.6 Å². The van der Waals surface area contributed by atoms with Gasteiger partial charge in [-0.05, 0) is 62.2 Å². The molecular weight excluding hydrogens is 442 g/mol. The molecule has 1 aromatic heterocycles. The molecule has 1 spiro atoms. The third-order valence-corrected chi connectivity index (χ3v) is 9.28. The van der Waals surface area contributed by atoms with Crippen LogP contribution < -0.4 is 9.62 Å². The fourth-order valence-corrected chi connectivity index (χ4v) is 8.40. The lowest BCUT2D eigenvalue weighted by Gasteiger charge is -2.41. The summed E-state index contributed by atoms with van der Waals surface area (Å²) in [7, 11) is -3.98. The van der Waals surface area contributed by atoms with Gasteiger partial charge in [-0.15, -0.1) is 17.9 Å². The van der Waals surface area contributed by atoms with E-state index in [0.29, 0.717) is 29.3 Å². The lowest BCUT2D eigenvalue weighted by atomic mass is 9.69. The number of nitrogens with one attached hydrogen (secondary N) is 1. The Labute approximate surface area is 178 Å². The van der Waals surface area contributed by atoms with Crippen LogP contribution in [0.1, 0.15) is 24.8 Å². The first kappa shape index (κ1) is 20.2. The van der Waals surface area contributed by atoms with Gasteiger partial charge in [0.1, 0.15) is 15.0 Å². The van der Waals surface area contributed by atoms with Crippen LogP contribution >= 0.6 is 34.5 Å². The molecule has 0 saturated carbocycles. The lowest BCUT2D eigenvalue weighted by molar-refractivity contribution is 0.273. The fraction of sp³-hybridized carbons (Fsp3) is 0.368. The normalized spacial score (nSPS) is 21.1. The van der Waals surface area contributed by atoms with Crippen molar-refractivity contribution in [2.75, 3.05) is 17.4 Å². The highest BCUT2D eigenvalue weighted by Gasteiger charge is 2.54. The zero-order valence-electron chi connectivity index (χ0n) is 14.9. The molecule has 0 unspecified atom stereocenters. The van der Waals surface area contributed by atoms with E-state index in [1.165, 1.54) is 22.5 Å². The summed E-state index contributed by atoms with van der Waals surface area (Å²) in [6, 6.07) is 5.31. The van der Waals surface area contributed by atoms with Crippen LogP contribution in [-0.2, 0) is 15.4 Å². The monoisotopic (exact) mass is 460 g/mol. The van der Waals surface area contributed by atoms with Gasteiger partial charge >= 0.3 is 0 Å². The van der Waals surface area contributed by atoms with Gasteiger partial charge in [0, 0.05) is 5.41 Å². The van der Waals surface area contributed by atoms with Crippen molar-refractivity contribution >= 4 is 50.2 Å². The molecule has 1 N–H and O–H groups in total. The van der Waals surface area contributed by atoms with E-state index >= 15 is 0 Å². The second kappa shape index (κ2) is 7.29. The minimum Gasteiger partial charge on any atom is -0.317 e. The maximum atomic E-state index is 14.2. The Kier molecular flexibility index (Phi) is 5.25. The zero-order chi connectivity index (χ0) is 20.1. The first-order valence-corrected chi connectivity index (χ1v) is 11.9. The molecule has 1 fully saturated rings. The first-order chi connectivity index (χ1) is 13.3. The Hall–Kier alpha value is -1.12. The summed E-state index contributed by atoms with van der Waals surface area (Å²) in [5, 5.41) is 3.32. The number of fused-ring (bicyclic) bond motifs is 2. The summed E-state index contributed by atoms with van der Waals surface area (Å²) in [6.45, 7) is 5.31. The van der Waals surface area contributed by atoms with Crippen molar-refractivity contribution in [3.63, 3.8) is 0 Å². The number of benzene rings is 1. The van der Waals surface area contributed by atoms with Gasteiger partial charge < -0.3 is 5.32 Å². The van der Waals surface area contributed by atoms with Crippen LogP contribution in [0.5, 0.6) is 0 Å². The average molecular weight is 461 g/mol. The molecule has 0 amide bonds. The van der Waals surface area contributed by atoms with E-state index in [2.05, 4.69) is 11.9 Å². The molecule has 0 aliphatic carbocycles. The minimum absolute atomic E-state index is 0.0144. The van der Waals surface area contributed by atoms with Crippen LogP contribution in [0.15, 0.2) is 41.8 Å². The van der Waals surface area contributed by atoms with Gasteiger partial charge in [0.05, 0.1) is 16.1 Å². The van der Waals surface area contributed by atoms with Gasteiger partial charge in [-0.1, -0.05) is 29.3 Å². The molecule has 3 heterocycles. The number of piperidine rings is 1. The first-order valence-electron chi connectivity index (χ1n) is 8.92. The smallest absolute Gasteiger partial charge is 0.267 e. The van der Waals surface area contributed by atoms with Gasteiger partial charge in [-0.3, -0.25) is 4.31 Å². The maximum absolute atomic E-state index is 14.2. The van der Waals surface area contributed by atoms with Gasteiger partial charge in [0.25, 0.3) is 10.0 Å². The quantitative estimate of drug-likeness (QED) is 0.655. The largest absolute Gasteiger partial charge is 0.317 e. The van der Waals surface area contributed by atoms with E-state index < -0.39 is 21.5 Å². The van der Waals surface area contributed by atoms with Crippen LogP contribution in [0.2, 0.25) is 8.67 Å². The summed E-state index contributed by atoms with van der Waals surface area (Å²) in [5.74, 6) is -0.370. The molecule has 0 bridgehead atoms. The van der Waals surface area contributed by atoms with E-state index in [0.717, 1.165) is 30.0 Å². The highest BCUT2D eigenvalue weighted by atomic mass is 35.5. The van der Waals surface area contributed by atoms with E-state index in [-0.39, 0.29) is 15.0 Å². The Bertz CT molecular complexity index is 1030. The average Bonchev–Trinajstić information content (AvgIpc) is 3.13. The van der Waals surface area contributed by atoms with Crippen LogP contribution in [0.4, 0.5) is 10.1 Å². The van der Waals surface area contributed by atoms with Crippen molar-refractivity contribution < 1.29 is 12.8 Å². The number of anilines is 1. The maximum Gasteiger partial charge on any atom is 0.267 e. The second-order valence-electron chi connectivity index (χ2n) is 7.10. The molecule has 2 aromatic rings. The van der Waals surface area contributed by atoms with Gasteiger partial charge in [0.2, 0.25) is 0 Å². The molecule has 0 radical (unpaired) electrons.